The van der Waals surface area contributed by atoms with Crippen molar-refractivity contribution in [3.8, 4) is 0 Å². The zero-order chi connectivity index (χ0) is 28.5. The molecule has 2 N–H and O–H groups in total. The van der Waals surface area contributed by atoms with Crippen molar-refractivity contribution in [2.45, 2.75) is 83.7 Å². The summed E-state index contributed by atoms with van der Waals surface area (Å²) >= 11 is 0. The lowest BCUT2D eigenvalue weighted by molar-refractivity contribution is -0.135. The Kier molecular flexibility index (Phi) is 8.54. The standard InChI is InChI=1S/C32H48N6O3/c1-22(2)37-29-20-26(3-4-27(29)38(32(37)41)28-5-6-30(39)34-31(28)40)36-17-11-25(12-18-36)21-35-15-9-24(10-16-35)19-23-7-13-33-14-8-23/h3-4,20,22-25,28,33H,5-19,21H2,1-2H3,(H,34,39,40). The van der Waals surface area contributed by atoms with Gasteiger partial charge in [0.25, 0.3) is 0 Å². The number of anilines is 1. The third kappa shape index (κ3) is 6.12. The van der Waals surface area contributed by atoms with Crippen LogP contribution in [0.25, 0.3) is 11.0 Å². The number of hydrogen-bond donors (Lipinski definition) is 2. The number of aromatic nitrogens is 2. The van der Waals surface area contributed by atoms with Crippen LogP contribution in [0.5, 0.6) is 0 Å². The topological polar surface area (TPSA) is 91.6 Å². The molecule has 9 heteroatoms. The molecule has 0 radical (unpaired) electrons. The van der Waals surface area contributed by atoms with Crippen LogP contribution < -0.4 is 21.2 Å². The normalized spacial score (nSPS) is 24.5. The number of rotatable bonds is 7. The van der Waals surface area contributed by atoms with Crippen LogP contribution in [0.3, 0.4) is 0 Å². The van der Waals surface area contributed by atoms with Gasteiger partial charge in [-0.15, -0.1) is 0 Å². The number of hydrogen-bond acceptors (Lipinski definition) is 6. The van der Waals surface area contributed by atoms with Gasteiger partial charge in [0.1, 0.15) is 6.04 Å². The van der Waals surface area contributed by atoms with Crippen LogP contribution in [0.4, 0.5) is 5.69 Å². The average molecular weight is 565 g/mol. The summed E-state index contributed by atoms with van der Waals surface area (Å²) in [7, 11) is 0. The average Bonchev–Trinajstić information content (AvgIpc) is 3.26. The number of nitrogens with zero attached hydrogens (tertiary/aromatic N) is 4. The summed E-state index contributed by atoms with van der Waals surface area (Å²) in [5.41, 5.74) is 2.59. The van der Waals surface area contributed by atoms with Gasteiger partial charge >= 0.3 is 5.69 Å². The van der Waals surface area contributed by atoms with Crippen molar-refractivity contribution in [3.63, 3.8) is 0 Å². The number of amides is 2. The summed E-state index contributed by atoms with van der Waals surface area (Å²) in [5.74, 6) is 1.97. The molecule has 1 atom stereocenters. The molecule has 4 fully saturated rings. The third-order valence-corrected chi connectivity index (χ3v) is 10.3. The maximum absolute atomic E-state index is 13.5. The Bertz CT molecular complexity index is 1290. The van der Waals surface area contributed by atoms with E-state index >= 15 is 0 Å². The van der Waals surface area contributed by atoms with E-state index in [-0.39, 0.29) is 30.0 Å². The zero-order valence-electron chi connectivity index (χ0n) is 24.9. The minimum atomic E-state index is -0.654. The first kappa shape index (κ1) is 28.5. The molecule has 41 heavy (non-hydrogen) atoms. The fourth-order valence-corrected chi connectivity index (χ4v) is 7.89. The summed E-state index contributed by atoms with van der Waals surface area (Å²) in [4.78, 5) is 43.1. The lowest BCUT2D eigenvalue weighted by Gasteiger charge is -2.39. The molecule has 4 aliphatic rings. The number of imidazole rings is 1. The molecule has 0 saturated carbocycles. The van der Waals surface area contributed by atoms with E-state index in [0.29, 0.717) is 6.42 Å². The molecule has 224 valence electrons. The Hall–Kier alpha value is -2.65. The van der Waals surface area contributed by atoms with Gasteiger partial charge in [-0.2, -0.15) is 0 Å². The van der Waals surface area contributed by atoms with Gasteiger partial charge in [0.05, 0.1) is 11.0 Å². The van der Waals surface area contributed by atoms with Crippen LogP contribution in [-0.2, 0) is 9.59 Å². The van der Waals surface area contributed by atoms with Crippen LogP contribution in [0, 0.1) is 17.8 Å². The Morgan fingerprint density at radius 2 is 1.51 bits per heavy atom. The molecule has 2 amide bonds. The van der Waals surface area contributed by atoms with E-state index in [2.05, 4.69) is 32.6 Å². The third-order valence-electron chi connectivity index (χ3n) is 10.3. The predicted molar refractivity (Wildman–Crippen MR) is 162 cm³/mol. The van der Waals surface area contributed by atoms with Crippen molar-refractivity contribution in [1.82, 2.24) is 24.7 Å². The van der Waals surface area contributed by atoms with Crippen LogP contribution in [0.2, 0.25) is 0 Å². The SMILES string of the molecule is CC(C)n1c(=O)n(C2CCC(=O)NC2=O)c2ccc(N3CCC(CN4CCC(CC5CCNCC5)CC4)CC3)cc21. The first-order valence-electron chi connectivity index (χ1n) is 16.2. The second-order valence-electron chi connectivity index (χ2n) is 13.4. The highest BCUT2D eigenvalue weighted by Crippen LogP contribution is 2.32. The highest BCUT2D eigenvalue weighted by Gasteiger charge is 2.32. The number of carbonyl (C=O) groups excluding carboxylic acids is 2. The van der Waals surface area contributed by atoms with E-state index in [9.17, 15) is 14.4 Å². The number of imide groups is 1. The number of benzene rings is 1. The van der Waals surface area contributed by atoms with E-state index < -0.39 is 6.04 Å². The van der Waals surface area contributed by atoms with Gasteiger partial charge in [-0.1, -0.05) is 0 Å². The van der Waals surface area contributed by atoms with Gasteiger partial charge in [-0.05, 0) is 127 Å². The second-order valence-corrected chi connectivity index (χ2v) is 13.4. The Balaban J connectivity index is 1.07. The number of likely N-dealkylation sites (tertiary alicyclic amines) is 1. The molecule has 1 aromatic heterocycles. The molecule has 1 unspecified atom stereocenters. The Labute approximate surface area is 243 Å². The minimum absolute atomic E-state index is 0.0377. The fourth-order valence-electron chi connectivity index (χ4n) is 7.89. The van der Waals surface area contributed by atoms with Crippen molar-refractivity contribution < 1.29 is 9.59 Å². The summed E-state index contributed by atoms with van der Waals surface area (Å²) in [6.07, 6.45) is 9.92. The van der Waals surface area contributed by atoms with E-state index in [1.54, 1.807) is 9.13 Å². The van der Waals surface area contributed by atoms with E-state index in [1.165, 1.54) is 77.7 Å². The maximum Gasteiger partial charge on any atom is 0.330 e. The molecule has 4 aliphatic heterocycles. The van der Waals surface area contributed by atoms with Gasteiger partial charge in [0.15, 0.2) is 0 Å². The monoisotopic (exact) mass is 564 g/mol. The summed E-state index contributed by atoms with van der Waals surface area (Å²) in [6.45, 7) is 12.3. The number of piperidine rings is 4. The highest BCUT2D eigenvalue weighted by molar-refractivity contribution is 6.00. The molecule has 0 spiro atoms. The van der Waals surface area contributed by atoms with Crippen LogP contribution in [0.15, 0.2) is 23.0 Å². The number of nitrogens with one attached hydrogen (secondary N) is 2. The molecule has 4 saturated heterocycles. The summed E-state index contributed by atoms with van der Waals surface area (Å²) in [5, 5.41) is 5.91. The molecule has 1 aromatic carbocycles. The number of carbonyl (C=O) groups is 2. The molecule has 2 aromatic rings. The first-order chi connectivity index (χ1) is 19.9. The number of fused-ring (bicyclic) bond motifs is 1. The lowest BCUT2D eigenvalue weighted by atomic mass is 9.83. The van der Waals surface area contributed by atoms with Gasteiger partial charge < -0.3 is 15.1 Å². The Morgan fingerprint density at radius 3 is 2.20 bits per heavy atom. The smallest absolute Gasteiger partial charge is 0.330 e. The molecule has 9 nitrogen and oxygen atoms in total. The lowest BCUT2D eigenvalue weighted by Crippen LogP contribution is -2.44. The van der Waals surface area contributed by atoms with Crippen molar-refractivity contribution in [2.75, 3.05) is 50.7 Å². The molecule has 0 aliphatic carbocycles. The van der Waals surface area contributed by atoms with Gasteiger partial charge in [0, 0.05) is 37.8 Å². The summed E-state index contributed by atoms with van der Waals surface area (Å²) < 4.78 is 3.40. The van der Waals surface area contributed by atoms with Crippen LogP contribution >= 0.6 is 0 Å². The van der Waals surface area contributed by atoms with Crippen molar-refractivity contribution in [3.05, 3.63) is 28.7 Å². The van der Waals surface area contributed by atoms with Gasteiger partial charge in [-0.25, -0.2) is 4.79 Å². The van der Waals surface area contributed by atoms with Crippen LogP contribution in [-0.4, -0.2) is 71.7 Å². The van der Waals surface area contributed by atoms with Gasteiger partial charge in [0.2, 0.25) is 11.8 Å². The quantitative estimate of drug-likeness (QED) is 0.499. The fraction of sp³-hybridized carbons (Fsp3) is 0.719. The first-order valence-corrected chi connectivity index (χ1v) is 16.2. The largest absolute Gasteiger partial charge is 0.371 e. The minimum Gasteiger partial charge on any atom is -0.371 e. The van der Waals surface area contributed by atoms with E-state index in [4.69, 9.17) is 0 Å². The van der Waals surface area contributed by atoms with E-state index in [1.807, 2.05) is 19.9 Å². The molecule has 6 rings (SSSR count). The van der Waals surface area contributed by atoms with E-state index in [0.717, 1.165) is 47.6 Å². The van der Waals surface area contributed by atoms with Crippen molar-refractivity contribution >= 4 is 28.5 Å². The van der Waals surface area contributed by atoms with Crippen molar-refractivity contribution in [1.29, 1.82) is 0 Å². The van der Waals surface area contributed by atoms with Crippen molar-refractivity contribution in [2.24, 2.45) is 17.8 Å². The predicted octanol–water partition coefficient (Wildman–Crippen LogP) is 3.68. The molecular formula is C32H48N6O3. The zero-order valence-corrected chi connectivity index (χ0v) is 24.9. The maximum atomic E-state index is 13.5. The highest BCUT2D eigenvalue weighted by atomic mass is 16.2. The summed E-state index contributed by atoms with van der Waals surface area (Å²) in [6, 6.07) is 5.53. The molecule has 0 bridgehead atoms. The Morgan fingerprint density at radius 1 is 0.829 bits per heavy atom. The van der Waals surface area contributed by atoms with Gasteiger partial charge in [-0.3, -0.25) is 24.0 Å². The molecule has 5 heterocycles. The molecular weight excluding hydrogens is 516 g/mol. The second kappa shape index (κ2) is 12.3. The van der Waals surface area contributed by atoms with Crippen LogP contribution in [0.1, 0.15) is 83.7 Å².